The van der Waals surface area contributed by atoms with Gasteiger partial charge < -0.3 is 20.5 Å². The summed E-state index contributed by atoms with van der Waals surface area (Å²) in [6, 6.07) is 17.4. The molecular weight excluding hydrogens is 340 g/mol. The van der Waals surface area contributed by atoms with E-state index >= 15 is 0 Å². The molecule has 0 radical (unpaired) electrons. The van der Waals surface area contributed by atoms with Gasteiger partial charge in [0.15, 0.2) is 5.82 Å². The summed E-state index contributed by atoms with van der Waals surface area (Å²) in [6.45, 7) is 2.96. The van der Waals surface area contributed by atoms with Crippen LogP contribution in [0.4, 0.5) is 11.5 Å². The molecule has 0 amide bonds. The Labute approximate surface area is 158 Å². The molecule has 1 saturated heterocycles. The monoisotopic (exact) mass is 362 g/mol. The number of nitrogens with two attached hydrogens (primary N) is 1. The fourth-order valence-electron chi connectivity index (χ4n) is 3.17. The fourth-order valence-corrected chi connectivity index (χ4v) is 3.17. The minimum Gasteiger partial charge on any atom is -0.399 e. The summed E-state index contributed by atoms with van der Waals surface area (Å²) in [5.74, 6) is 1.51. The summed E-state index contributed by atoms with van der Waals surface area (Å²) in [6.07, 6.45) is 0. The molecule has 138 valence electrons. The van der Waals surface area contributed by atoms with Crippen LogP contribution in [0.2, 0.25) is 0 Å². The predicted octanol–water partition coefficient (Wildman–Crippen LogP) is 2.72. The highest BCUT2D eigenvalue weighted by Gasteiger charge is 2.16. The second kappa shape index (κ2) is 7.73. The molecule has 4 rings (SSSR count). The molecule has 0 aliphatic carbocycles. The average molecular weight is 362 g/mol. The number of morpholine rings is 1. The number of aliphatic hydroxyl groups excluding tert-OH is 1. The predicted molar refractivity (Wildman–Crippen MR) is 106 cm³/mol. The number of rotatable bonds is 4. The third-order valence-corrected chi connectivity index (χ3v) is 4.60. The summed E-state index contributed by atoms with van der Waals surface area (Å²) in [4.78, 5) is 11.8. The van der Waals surface area contributed by atoms with E-state index in [1.165, 1.54) is 0 Å². The van der Waals surface area contributed by atoms with Gasteiger partial charge in [0.25, 0.3) is 0 Å². The van der Waals surface area contributed by atoms with Crippen LogP contribution in [0.1, 0.15) is 5.56 Å². The second-order valence-electron chi connectivity index (χ2n) is 6.52. The second-order valence-corrected chi connectivity index (χ2v) is 6.52. The molecule has 1 fully saturated rings. The van der Waals surface area contributed by atoms with Crippen molar-refractivity contribution in [2.24, 2.45) is 0 Å². The van der Waals surface area contributed by atoms with Crippen LogP contribution in [0.25, 0.3) is 22.6 Å². The number of ether oxygens (including phenoxy) is 1. The molecular formula is C21H22N4O2. The van der Waals surface area contributed by atoms with Crippen molar-refractivity contribution in [1.82, 2.24) is 9.97 Å². The lowest BCUT2D eigenvalue weighted by Crippen LogP contribution is -2.36. The maximum absolute atomic E-state index is 9.46. The van der Waals surface area contributed by atoms with Crippen LogP contribution < -0.4 is 10.6 Å². The number of benzene rings is 2. The van der Waals surface area contributed by atoms with Gasteiger partial charge in [-0.2, -0.15) is 0 Å². The van der Waals surface area contributed by atoms with E-state index in [-0.39, 0.29) is 6.61 Å². The zero-order valence-corrected chi connectivity index (χ0v) is 15.0. The van der Waals surface area contributed by atoms with Crippen molar-refractivity contribution in [2.75, 3.05) is 36.9 Å². The van der Waals surface area contributed by atoms with Crippen LogP contribution >= 0.6 is 0 Å². The Morgan fingerprint density at radius 1 is 0.963 bits per heavy atom. The zero-order chi connectivity index (χ0) is 18.6. The number of aromatic nitrogens is 2. The highest BCUT2D eigenvalue weighted by atomic mass is 16.5. The quantitative estimate of drug-likeness (QED) is 0.694. The van der Waals surface area contributed by atoms with Crippen molar-refractivity contribution >= 4 is 11.5 Å². The standard InChI is InChI=1S/C21H22N4O2/c22-18-6-2-5-17(12-18)21-23-19(16-4-1-3-15(11-16)14-26)13-20(24-21)25-7-9-27-10-8-25/h1-6,11-13,26H,7-10,14,22H2. The smallest absolute Gasteiger partial charge is 0.162 e. The topological polar surface area (TPSA) is 84.5 Å². The van der Waals surface area contributed by atoms with Gasteiger partial charge in [-0.05, 0) is 23.8 Å². The van der Waals surface area contributed by atoms with Gasteiger partial charge in [-0.1, -0.05) is 30.3 Å². The van der Waals surface area contributed by atoms with Crippen molar-refractivity contribution in [3.05, 3.63) is 60.2 Å². The molecule has 0 spiro atoms. The Morgan fingerprint density at radius 2 is 1.74 bits per heavy atom. The zero-order valence-electron chi connectivity index (χ0n) is 15.0. The van der Waals surface area contributed by atoms with Crippen molar-refractivity contribution < 1.29 is 9.84 Å². The number of hydrogen-bond acceptors (Lipinski definition) is 6. The number of hydrogen-bond donors (Lipinski definition) is 2. The summed E-state index contributed by atoms with van der Waals surface area (Å²) >= 11 is 0. The first-order valence-corrected chi connectivity index (χ1v) is 9.01. The molecule has 0 atom stereocenters. The van der Waals surface area contributed by atoms with Gasteiger partial charge in [0, 0.05) is 36.0 Å². The Kier molecular flexibility index (Phi) is 5.00. The van der Waals surface area contributed by atoms with Crippen LogP contribution in [-0.4, -0.2) is 41.4 Å². The molecule has 2 heterocycles. The van der Waals surface area contributed by atoms with Crippen molar-refractivity contribution in [3.63, 3.8) is 0 Å². The van der Waals surface area contributed by atoms with Gasteiger partial charge in [-0.3, -0.25) is 0 Å². The van der Waals surface area contributed by atoms with E-state index in [9.17, 15) is 5.11 Å². The van der Waals surface area contributed by atoms with Crippen molar-refractivity contribution in [1.29, 1.82) is 0 Å². The van der Waals surface area contributed by atoms with Gasteiger partial charge >= 0.3 is 0 Å². The normalized spacial score (nSPS) is 14.3. The molecule has 3 N–H and O–H groups in total. The van der Waals surface area contributed by atoms with E-state index in [0.29, 0.717) is 24.7 Å². The maximum Gasteiger partial charge on any atom is 0.162 e. The molecule has 0 unspecified atom stereocenters. The van der Waals surface area contributed by atoms with Gasteiger partial charge in [0.1, 0.15) is 5.82 Å². The Hall–Kier alpha value is -2.96. The first-order valence-electron chi connectivity index (χ1n) is 9.01. The Bertz CT molecular complexity index is 939. The van der Waals surface area contributed by atoms with E-state index in [1.807, 2.05) is 54.6 Å². The summed E-state index contributed by atoms with van der Waals surface area (Å²) in [5, 5.41) is 9.46. The van der Waals surface area contributed by atoms with Gasteiger partial charge in [0.05, 0.1) is 25.5 Å². The van der Waals surface area contributed by atoms with E-state index in [0.717, 1.165) is 41.3 Å². The number of nitrogens with zero attached hydrogens (tertiary/aromatic N) is 3. The molecule has 3 aromatic rings. The summed E-state index contributed by atoms with van der Waals surface area (Å²) in [7, 11) is 0. The lowest BCUT2D eigenvalue weighted by Gasteiger charge is -2.28. The van der Waals surface area contributed by atoms with Crippen LogP contribution in [0.5, 0.6) is 0 Å². The Balaban J connectivity index is 1.83. The van der Waals surface area contributed by atoms with Crippen LogP contribution in [-0.2, 0) is 11.3 Å². The van der Waals surface area contributed by atoms with E-state index < -0.39 is 0 Å². The maximum atomic E-state index is 9.46. The molecule has 27 heavy (non-hydrogen) atoms. The van der Waals surface area contributed by atoms with E-state index in [2.05, 4.69) is 4.90 Å². The van der Waals surface area contributed by atoms with Crippen molar-refractivity contribution in [3.8, 4) is 22.6 Å². The molecule has 0 bridgehead atoms. The highest BCUT2D eigenvalue weighted by Crippen LogP contribution is 2.28. The molecule has 1 aromatic heterocycles. The number of nitrogen functional groups attached to an aromatic ring is 1. The highest BCUT2D eigenvalue weighted by molar-refractivity contribution is 5.69. The SMILES string of the molecule is Nc1cccc(-c2nc(-c3cccc(CO)c3)cc(N3CCOCC3)n2)c1. The van der Waals surface area contributed by atoms with Gasteiger partial charge in [0.2, 0.25) is 0 Å². The van der Waals surface area contributed by atoms with Crippen molar-refractivity contribution in [2.45, 2.75) is 6.61 Å². The average Bonchev–Trinajstić information content (AvgIpc) is 2.74. The minimum absolute atomic E-state index is 0.00266. The Morgan fingerprint density at radius 3 is 2.52 bits per heavy atom. The van der Waals surface area contributed by atoms with Crippen LogP contribution in [0.3, 0.4) is 0 Å². The molecule has 1 aliphatic heterocycles. The lowest BCUT2D eigenvalue weighted by molar-refractivity contribution is 0.122. The number of anilines is 2. The minimum atomic E-state index is -0.00266. The fraction of sp³-hybridized carbons (Fsp3) is 0.238. The van der Waals surface area contributed by atoms with Crippen LogP contribution in [0.15, 0.2) is 54.6 Å². The third-order valence-electron chi connectivity index (χ3n) is 4.60. The third kappa shape index (κ3) is 3.92. The summed E-state index contributed by atoms with van der Waals surface area (Å²) < 4.78 is 5.47. The molecule has 2 aromatic carbocycles. The first-order chi connectivity index (χ1) is 13.2. The molecule has 6 nitrogen and oxygen atoms in total. The molecule has 6 heteroatoms. The largest absolute Gasteiger partial charge is 0.399 e. The van der Waals surface area contributed by atoms with E-state index in [1.54, 1.807) is 0 Å². The molecule has 1 aliphatic rings. The lowest BCUT2D eigenvalue weighted by atomic mass is 10.1. The van der Waals surface area contributed by atoms with Crippen LogP contribution in [0, 0.1) is 0 Å². The molecule has 0 saturated carbocycles. The first kappa shape index (κ1) is 17.5. The van der Waals surface area contributed by atoms with Gasteiger partial charge in [-0.15, -0.1) is 0 Å². The summed E-state index contributed by atoms with van der Waals surface area (Å²) in [5.41, 5.74) is 10.1. The van der Waals surface area contributed by atoms with Gasteiger partial charge in [-0.25, -0.2) is 9.97 Å². The van der Waals surface area contributed by atoms with E-state index in [4.69, 9.17) is 20.4 Å². The number of aliphatic hydroxyl groups is 1.